The molecule has 15 heavy (non-hydrogen) atoms. The quantitative estimate of drug-likeness (QED) is 0.599. The highest BCUT2D eigenvalue weighted by molar-refractivity contribution is 5.74. The molecule has 76 valence electrons. The average molecular weight is 201 g/mol. The summed E-state index contributed by atoms with van der Waals surface area (Å²) in [6.45, 7) is 5.44. The molecule has 0 aliphatic heterocycles. The van der Waals surface area contributed by atoms with Gasteiger partial charge in [0.05, 0.1) is 0 Å². The first-order valence-corrected chi connectivity index (χ1v) is 4.59. The van der Waals surface area contributed by atoms with Gasteiger partial charge in [0.25, 0.3) is 0 Å². The van der Waals surface area contributed by atoms with Crippen LogP contribution in [-0.2, 0) is 0 Å². The summed E-state index contributed by atoms with van der Waals surface area (Å²) >= 11 is 0. The van der Waals surface area contributed by atoms with Gasteiger partial charge in [-0.2, -0.15) is 0 Å². The fourth-order valence-electron chi connectivity index (χ4n) is 1.25. The predicted octanol–water partition coefficient (Wildman–Crippen LogP) is 2.36. The van der Waals surface area contributed by atoms with Crippen molar-refractivity contribution in [1.82, 2.24) is 15.0 Å². The lowest BCUT2D eigenvalue weighted by Crippen LogP contribution is -2.02. The summed E-state index contributed by atoms with van der Waals surface area (Å²) in [6.07, 6.45) is 1.55. The Morgan fingerprint density at radius 3 is 2.33 bits per heavy atom. The van der Waals surface area contributed by atoms with Crippen LogP contribution in [0.25, 0.3) is 16.7 Å². The van der Waals surface area contributed by atoms with Crippen molar-refractivity contribution in [2.75, 3.05) is 0 Å². The fraction of sp³-hybridized carbons (Fsp3) is 0.0909. The largest absolute Gasteiger partial charge is 0.506 e. The van der Waals surface area contributed by atoms with Gasteiger partial charge in [-0.25, -0.2) is 0 Å². The number of hydrogen-bond acceptors (Lipinski definition) is 3. The molecule has 0 atom stereocenters. The SMILES string of the molecule is C=C(/C(O)=C\C)n1nc2ccccc2n1. The van der Waals surface area contributed by atoms with Gasteiger partial charge < -0.3 is 5.11 Å². The van der Waals surface area contributed by atoms with Crippen LogP contribution >= 0.6 is 0 Å². The van der Waals surface area contributed by atoms with Crippen LogP contribution in [0.15, 0.2) is 42.7 Å². The smallest absolute Gasteiger partial charge is 0.138 e. The Labute approximate surface area is 87.1 Å². The zero-order valence-electron chi connectivity index (χ0n) is 8.38. The Morgan fingerprint density at radius 1 is 1.33 bits per heavy atom. The molecule has 1 N–H and O–H groups in total. The third kappa shape index (κ3) is 1.61. The van der Waals surface area contributed by atoms with Crippen molar-refractivity contribution < 1.29 is 5.11 Å². The van der Waals surface area contributed by atoms with E-state index < -0.39 is 0 Å². The fourth-order valence-corrected chi connectivity index (χ4v) is 1.25. The van der Waals surface area contributed by atoms with E-state index >= 15 is 0 Å². The Bertz CT molecular complexity index is 507. The van der Waals surface area contributed by atoms with Gasteiger partial charge in [0.15, 0.2) is 0 Å². The van der Waals surface area contributed by atoms with E-state index in [0.717, 1.165) is 11.0 Å². The van der Waals surface area contributed by atoms with Crippen LogP contribution in [0.5, 0.6) is 0 Å². The predicted molar refractivity (Wildman–Crippen MR) is 59.2 cm³/mol. The molecule has 4 heteroatoms. The summed E-state index contributed by atoms with van der Waals surface area (Å²) in [7, 11) is 0. The summed E-state index contributed by atoms with van der Waals surface area (Å²) in [4.78, 5) is 1.33. The molecular formula is C11H11N3O. The molecule has 0 unspecified atom stereocenters. The molecule has 0 amide bonds. The van der Waals surface area contributed by atoms with E-state index in [2.05, 4.69) is 16.8 Å². The molecule has 1 aromatic carbocycles. The highest BCUT2D eigenvalue weighted by atomic mass is 16.3. The molecule has 1 heterocycles. The van der Waals surface area contributed by atoms with Crippen molar-refractivity contribution in [3.8, 4) is 0 Å². The molecule has 2 rings (SSSR count). The van der Waals surface area contributed by atoms with Gasteiger partial charge in [0.1, 0.15) is 22.5 Å². The number of fused-ring (bicyclic) bond motifs is 1. The normalized spacial score (nSPS) is 11.9. The second-order valence-electron chi connectivity index (χ2n) is 3.10. The van der Waals surface area contributed by atoms with Crippen molar-refractivity contribution >= 4 is 16.7 Å². The van der Waals surface area contributed by atoms with Gasteiger partial charge in [-0.15, -0.1) is 15.0 Å². The highest BCUT2D eigenvalue weighted by Gasteiger charge is 2.06. The lowest BCUT2D eigenvalue weighted by molar-refractivity contribution is 0.427. The monoisotopic (exact) mass is 201 g/mol. The zero-order chi connectivity index (χ0) is 10.8. The maximum absolute atomic E-state index is 9.47. The van der Waals surface area contributed by atoms with E-state index in [-0.39, 0.29) is 5.76 Å². The number of aliphatic hydroxyl groups is 1. The summed E-state index contributed by atoms with van der Waals surface area (Å²) in [5.41, 5.74) is 1.93. The van der Waals surface area contributed by atoms with E-state index in [1.54, 1.807) is 13.0 Å². The van der Waals surface area contributed by atoms with Crippen LogP contribution in [0.4, 0.5) is 0 Å². The van der Waals surface area contributed by atoms with E-state index in [9.17, 15) is 5.11 Å². The number of benzene rings is 1. The average Bonchev–Trinajstić information content (AvgIpc) is 2.70. The lowest BCUT2D eigenvalue weighted by Gasteiger charge is -2.00. The number of aliphatic hydroxyl groups excluding tert-OH is 1. The van der Waals surface area contributed by atoms with Crippen LogP contribution < -0.4 is 0 Å². The number of rotatable bonds is 2. The minimum absolute atomic E-state index is 0.0790. The maximum Gasteiger partial charge on any atom is 0.138 e. The molecule has 0 saturated carbocycles. The minimum Gasteiger partial charge on any atom is -0.506 e. The molecule has 2 aromatic rings. The highest BCUT2D eigenvalue weighted by Crippen LogP contribution is 2.13. The van der Waals surface area contributed by atoms with Crippen LogP contribution in [0.3, 0.4) is 0 Å². The molecule has 0 bridgehead atoms. The second-order valence-corrected chi connectivity index (χ2v) is 3.10. The number of nitrogens with zero attached hydrogens (tertiary/aromatic N) is 3. The van der Waals surface area contributed by atoms with Gasteiger partial charge in [-0.3, -0.25) is 0 Å². The van der Waals surface area contributed by atoms with Gasteiger partial charge in [-0.1, -0.05) is 18.7 Å². The van der Waals surface area contributed by atoms with Crippen molar-refractivity contribution in [3.05, 3.63) is 42.7 Å². The summed E-state index contributed by atoms with van der Waals surface area (Å²) < 4.78 is 0. The van der Waals surface area contributed by atoms with Crippen molar-refractivity contribution in [2.45, 2.75) is 6.92 Å². The Hall–Kier alpha value is -2.10. The third-order valence-corrected chi connectivity index (χ3v) is 2.10. The molecule has 1 aromatic heterocycles. The van der Waals surface area contributed by atoms with Crippen LogP contribution in [-0.4, -0.2) is 20.1 Å². The third-order valence-electron chi connectivity index (χ3n) is 2.10. The van der Waals surface area contributed by atoms with Gasteiger partial charge in [0, 0.05) is 0 Å². The topological polar surface area (TPSA) is 50.9 Å². The number of allylic oxidation sites excluding steroid dienone is 2. The minimum atomic E-state index is 0.0790. The molecule has 0 spiro atoms. The summed E-state index contributed by atoms with van der Waals surface area (Å²) in [5, 5.41) is 17.8. The first kappa shape index (κ1) is 9.45. The standard InChI is InChI=1S/C11H11N3O/c1-3-11(15)8(2)14-12-9-6-4-5-7-10(9)13-14/h3-7,15H,2H2,1H3/b11-3+. The Balaban J connectivity index is 2.50. The van der Waals surface area contributed by atoms with Crippen molar-refractivity contribution in [3.63, 3.8) is 0 Å². The second kappa shape index (κ2) is 3.57. The molecule has 0 saturated heterocycles. The van der Waals surface area contributed by atoms with E-state index in [1.807, 2.05) is 24.3 Å². The number of hydrogen-bond donors (Lipinski definition) is 1. The van der Waals surface area contributed by atoms with Crippen LogP contribution in [0.2, 0.25) is 0 Å². The zero-order valence-corrected chi connectivity index (χ0v) is 8.38. The van der Waals surface area contributed by atoms with Gasteiger partial charge in [0.2, 0.25) is 0 Å². The van der Waals surface area contributed by atoms with Crippen LogP contribution in [0.1, 0.15) is 6.92 Å². The first-order chi connectivity index (χ1) is 7.22. The van der Waals surface area contributed by atoms with E-state index in [0.29, 0.717) is 5.70 Å². The molecular weight excluding hydrogens is 190 g/mol. The van der Waals surface area contributed by atoms with Gasteiger partial charge >= 0.3 is 0 Å². The van der Waals surface area contributed by atoms with Gasteiger partial charge in [-0.05, 0) is 25.1 Å². The molecule has 0 aliphatic carbocycles. The molecule has 4 nitrogen and oxygen atoms in total. The Kier molecular flexibility index (Phi) is 2.25. The summed E-state index contributed by atoms with van der Waals surface area (Å²) in [5.74, 6) is 0.0790. The lowest BCUT2D eigenvalue weighted by atomic mass is 10.3. The first-order valence-electron chi connectivity index (χ1n) is 4.59. The number of aromatic nitrogens is 3. The Morgan fingerprint density at radius 2 is 1.87 bits per heavy atom. The molecule has 0 aliphatic rings. The maximum atomic E-state index is 9.47. The van der Waals surface area contributed by atoms with Crippen LogP contribution in [0, 0.1) is 0 Å². The molecule has 0 fully saturated rings. The summed E-state index contributed by atoms with van der Waals surface area (Å²) in [6, 6.07) is 7.50. The van der Waals surface area contributed by atoms with Crippen molar-refractivity contribution in [1.29, 1.82) is 0 Å². The van der Waals surface area contributed by atoms with E-state index in [1.165, 1.54) is 4.80 Å². The molecule has 0 radical (unpaired) electrons. The van der Waals surface area contributed by atoms with Crippen molar-refractivity contribution in [2.24, 2.45) is 0 Å². The van der Waals surface area contributed by atoms with E-state index in [4.69, 9.17) is 0 Å².